The summed E-state index contributed by atoms with van der Waals surface area (Å²) in [5.41, 5.74) is 0. The predicted molar refractivity (Wildman–Crippen MR) is 28.3 cm³/mol. The average Bonchev–Trinajstić information content (AvgIpc) is 1.77. The molecule has 58 valence electrons. The third-order valence-corrected chi connectivity index (χ3v) is 1.45. The first-order valence-electron chi connectivity index (χ1n) is 2.86. The van der Waals surface area contributed by atoms with Crippen molar-refractivity contribution in [2.75, 3.05) is 0 Å². The van der Waals surface area contributed by atoms with E-state index in [0.717, 1.165) is 12.2 Å². The van der Waals surface area contributed by atoms with E-state index in [1.807, 2.05) is 0 Å². The fourth-order valence-corrected chi connectivity index (χ4v) is 0.761. The normalized spacial score (nSPS) is 28.4. The smallest absolute Gasteiger partial charge is 0.200 e. The van der Waals surface area contributed by atoms with Crippen LogP contribution in [0, 0.1) is 0 Å². The molecule has 0 spiro atoms. The minimum atomic E-state index is -3.85. The molecule has 0 saturated carbocycles. The number of allylic oxidation sites excluding steroid dienone is 2. The average molecular weight is 154 g/mol. The molecule has 0 aromatic heterocycles. The van der Waals surface area contributed by atoms with Crippen molar-refractivity contribution in [3.8, 4) is 0 Å². The van der Waals surface area contributed by atoms with E-state index in [-0.39, 0.29) is 0 Å². The van der Waals surface area contributed by atoms with Crippen molar-refractivity contribution in [2.45, 2.75) is 24.7 Å². The van der Waals surface area contributed by atoms with Crippen molar-refractivity contribution in [1.82, 2.24) is 0 Å². The molecule has 0 fully saturated rings. The summed E-state index contributed by atoms with van der Waals surface area (Å²) in [5.74, 6) is -7.69. The summed E-state index contributed by atoms with van der Waals surface area (Å²) in [6.45, 7) is 0. The van der Waals surface area contributed by atoms with Crippen LogP contribution in [0.3, 0.4) is 0 Å². The lowest BCUT2D eigenvalue weighted by atomic mass is 9.99. The maximum Gasteiger partial charge on any atom is 0.313 e. The Balaban J connectivity index is 2.84. The molecule has 0 bridgehead atoms. The lowest BCUT2D eigenvalue weighted by Crippen LogP contribution is -2.41. The standard InChI is InChI=1S/C6H6F4/c7-5(8)3-1-2-4-6(5,9)10/h1-2H,3-4H2. The molecule has 1 aliphatic carbocycles. The van der Waals surface area contributed by atoms with E-state index in [4.69, 9.17) is 0 Å². The quantitative estimate of drug-likeness (QED) is 0.371. The molecule has 1 aliphatic rings. The Morgan fingerprint density at radius 3 is 1.30 bits per heavy atom. The lowest BCUT2D eigenvalue weighted by Gasteiger charge is -2.27. The number of hydrogen-bond donors (Lipinski definition) is 0. The van der Waals surface area contributed by atoms with Gasteiger partial charge < -0.3 is 0 Å². The van der Waals surface area contributed by atoms with E-state index >= 15 is 0 Å². The number of rotatable bonds is 0. The molecule has 0 aromatic rings. The van der Waals surface area contributed by atoms with Crippen LogP contribution in [0.2, 0.25) is 0 Å². The van der Waals surface area contributed by atoms with Crippen LogP contribution in [0.4, 0.5) is 17.6 Å². The van der Waals surface area contributed by atoms with Gasteiger partial charge in [-0.2, -0.15) is 17.6 Å². The van der Waals surface area contributed by atoms with Crippen LogP contribution < -0.4 is 0 Å². The third kappa shape index (κ3) is 1.02. The van der Waals surface area contributed by atoms with Gasteiger partial charge in [0.25, 0.3) is 0 Å². The second-order valence-electron chi connectivity index (χ2n) is 2.29. The first kappa shape index (κ1) is 7.57. The molecule has 0 saturated heterocycles. The van der Waals surface area contributed by atoms with Gasteiger partial charge in [0.1, 0.15) is 0 Å². The maximum absolute atomic E-state index is 12.2. The molecule has 1 rings (SSSR count). The van der Waals surface area contributed by atoms with E-state index < -0.39 is 24.7 Å². The van der Waals surface area contributed by atoms with E-state index in [1.54, 1.807) is 0 Å². The summed E-state index contributed by atoms with van der Waals surface area (Å²) in [4.78, 5) is 0. The Labute approximate surface area is 55.5 Å². The molecular weight excluding hydrogens is 148 g/mol. The molecule has 0 nitrogen and oxygen atoms in total. The number of hydrogen-bond acceptors (Lipinski definition) is 0. The van der Waals surface area contributed by atoms with Gasteiger partial charge in [0.2, 0.25) is 0 Å². The molecule has 0 aliphatic heterocycles. The highest BCUT2D eigenvalue weighted by molar-refractivity contribution is 5.03. The predicted octanol–water partition coefficient (Wildman–Crippen LogP) is 2.61. The van der Waals surface area contributed by atoms with Gasteiger partial charge in [-0.25, -0.2) is 0 Å². The van der Waals surface area contributed by atoms with E-state index in [0.29, 0.717) is 0 Å². The highest BCUT2D eigenvalue weighted by Gasteiger charge is 2.55. The molecule has 0 amide bonds. The van der Waals surface area contributed by atoms with E-state index in [1.165, 1.54) is 0 Å². The van der Waals surface area contributed by atoms with Gasteiger partial charge in [0, 0.05) is 12.8 Å². The first-order chi connectivity index (χ1) is 4.46. The van der Waals surface area contributed by atoms with Crippen molar-refractivity contribution in [3.63, 3.8) is 0 Å². The second-order valence-corrected chi connectivity index (χ2v) is 2.29. The molecular formula is C6H6F4. The van der Waals surface area contributed by atoms with Gasteiger partial charge in [-0.3, -0.25) is 0 Å². The Morgan fingerprint density at radius 1 is 0.800 bits per heavy atom. The topological polar surface area (TPSA) is 0 Å². The zero-order valence-electron chi connectivity index (χ0n) is 5.08. The summed E-state index contributed by atoms with van der Waals surface area (Å²) in [5, 5.41) is 0. The molecule has 4 heteroatoms. The zero-order chi connectivity index (χ0) is 7.83. The van der Waals surface area contributed by atoms with Crippen LogP contribution in [0.15, 0.2) is 12.2 Å². The third-order valence-electron chi connectivity index (χ3n) is 1.45. The van der Waals surface area contributed by atoms with E-state index in [9.17, 15) is 17.6 Å². The van der Waals surface area contributed by atoms with Crippen LogP contribution >= 0.6 is 0 Å². The van der Waals surface area contributed by atoms with E-state index in [2.05, 4.69) is 0 Å². The van der Waals surface area contributed by atoms with Gasteiger partial charge in [0.05, 0.1) is 0 Å². The zero-order valence-corrected chi connectivity index (χ0v) is 5.08. The van der Waals surface area contributed by atoms with Crippen LogP contribution in [0.25, 0.3) is 0 Å². The minimum absolute atomic E-state index is 0.847. The summed E-state index contributed by atoms with van der Waals surface area (Å²) in [7, 11) is 0. The van der Waals surface area contributed by atoms with Crippen molar-refractivity contribution in [3.05, 3.63) is 12.2 Å². The molecule has 0 N–H and O–H groups in total. The van der Waals surface area contributed by atoms with Crippen LogP contribution in [0.5, 0.6) is 0 Å². The van der Waals surface area contributed by atoms with Crippen LogP contribution in [0.1, 0.15) is 12.8 Å². The van der Waals surface area contributed by atoms with Gasteiger partial charge >= 0.3 is 11.8 Å². The Kier molecular flexibility index (Phi) is 1.49. The molecule has 0 heterocycles. The molecule has 0 atom stereocenters. The monoisotopic (exact) mass is 154 g/mol. The van der Waals surface area contributed by atoms with Crippen LogP contribution in [-0.4, -0.2) is 11.8 Å². The van der Waals surface area contributed by atoms with Crippen molar-refractivity contribution in [1.29, 1.82) is 0 Å². The van der Waals surface area contributed by atoms with Crippen molar-refractivity contribution < 1.29 is 17.6 Å². The Hall–Kier alpha value is -0.540. The molecule has 0 unspecified atom stereocenters. The fourth-order valence-electron chi connectivity index (χ4n) is 0.761. The summed E-state index contributed by atoms with van der Waals surface area (Å²) >= 11 is 0. The van der Waals surface area contributed by atoms with Crippen molar-refractivity contribution >= 4 is 0 Å². The first-order valence-corrected chi connectivity index (χ1v) is 2.86. The van der Waals surface area contributed by atoms with Crippen LogP contribution in [-0.2, 0) is 0 Å². The molecule has 0 aromatic carbocycles. The van der Waals surface area contributed by atoms with Gasteiger partial charge in [-0.05, 0) is 0 Å². The van der Waals surface area contributed by atoms with Gasteiger partial charge in [-0.1, -0.05) is 12.2 Å². The number of alkyl halides is 4. The van der Waals surface area contributed by atoms with Crippen molar-refractivity contribution in [2.24, 2.45) is 0 Å². The second kappa shape index (κ2) is 1.97. The Morgan fingerprint density at radius 2 is 1.10 bits per heavy atom. The SMILES string of the molecule is FC1(F)CC=CCC1(F)F. The lowest BCUT2D eigenvalue weighted by molar-refractivity contribution is -0.207. The minimum Gasteiger partial charge on any atom is -0.200 e. The number of halogens is 4. The summed E-state index contributed by atoms with van der Waals surface area (Å²) in [6, 6.07) is 0. The fraction of sp³-hybridized carbons (Fsp3) is 0.667. The molecule has 0 radical (unpaired) electrons. The maximum atomic E-state index is 12.2. The van der Waals surface area contributed by atoms with Gasteiger partial charge in [-0.15, -0.1) is 0 Å². The highest BCUT2D eigenvalue weighted by atomic mass is 19.3. The molecule has 10 heavy (non-hydrogen) atoms. The Bertz CT molecular complexity index is 141. The summed E-state index contributed by atoms with van der Waals surface area (Å²) < 4.78 is 48.7. The van der Waals surface area contributed by atoms with Gasteiger partial charge in [0.15, 0.2) is 0 Å². The highest BCUT2D eigenvalue weighted by Crippen LogP contribution is 2.42. The summed E-state index contributed by atoms with van der Waals surface area (Å²) in [6.07, 6.45) is 0.467. The largest absolute Gasteiger partial charge is 0.313 e.